The molecule has 5 heteroatoms. The molecule has 4 nitrogen and oxygen atoms in total. The van der Waals surface area contributed by atoms with Gasteiger partial charge in [-0.2, -0.15) is 0 Å². The van der Waals surface area contributed by atoms with Crippen molar-refractivity contribution in [3.63, 3.8) is 0 Å². The van der Waals surface area contributed by atoms with Crippen LogP contribution in [0.15, 0.2) is 10.5 Å². The lowest BCUT2D eigenvalue weighted by molar-refractivity contribution is -0.214. The maximum atomic E-state index is 12.3. The first-order valence-electron chi connectivity index (χ1n) is 10.7. The molecule has 2 aliphatic heterocycles. The predicted octanol–water partition coefficient (Wildman–Crippen LogP) is 4.57. The van der Waals surface area contributed by atoms with Gasteiger partial charge in [0, 0.05) is 51.5 Å². The highest BCUT2D eigenvalue weighted by atomic mass is 79.9. The second-order valence-corrected chi connectivity index (χ2v) is 11.5. The maximum absolute atomic E-state index is 12.3. The number of hydrogen-bond donors (Lipinski definition) is 2. The summed E-state index contributed by atoms with van der Waals surface area (Å²) in [6, 6.07) is 2.14. The summed E-state index contributed by atoms with van der Waals surface area (Å²) < 4.78 is 8.18. The van der Waals surface area contributed by atoms with Crippen molar-refractivity contribution in [2.24, 2.45) is 28.4 Å². The van der Waals surface area contributed by atoms with E-state index < -0.39 is 0 Å². The van der Waals surface area contributed by atoms with Crippen LogP contribution in [0, 0.1) is 22.7 Å². The zero-order chi connectivity index (χ0) is 20.1. The van der Waals surface area contributed by atoms with Crippen molar-refractivity contribution < 1.29 is 9.53 Å². The van der Waals surface area contributed by atoms with Crippen LogP contribution in [-0.2, 0) is 13.0 Å². The molecule has 5 atom stereocenters. The average molecular weight is 447 g/mol. The van der Waals surface area contributed by atoms with E-state index >= 15 is 0 Å². The standard InChI is InChI=1S/C23H31BrN2O2/c1-12-5-6-18-21(2,3)8-13(25)9-23(18)22(12,4)10-15-17(24)7-14-16(19(15)28-23)11-26-20(14)27/h7,12-13,18H,5-6,8-11,25H2,1-4H3,(H,26,27)/t12-,13?,18-,22+,23-/m0/s1. The Morgan fingerprint density at radius 2 is 1.96 bits per heavy atom. The van der Waals surface area contributed by atoms with Crippen LogP contribution in [0.5, 0.6) is 5.75 Å². The molecule has 2 fully saturated rings. The highest BCUT2D eigenvalue weighted by molar-refractivity contribution is 9.10. The molecule has 0 bridgehead atoms. The molecule has 0 saturated heterocycles. The van der Waals surface area contributed by atoms with Crippen LogP contribution in [0.3, 0.4) is 0 Å². The Balaban J connectivity index is 1.75. The number of amides is 1. The van der Waals surface area contributed by atoms with Crippen LogP contribution in [0.2, 0.25) is 0 Å². The van der Waals surface area contributed by atoms with E-state index in [-0.39, 0.29) is 28.4 Å². The fraction of sp³-hybridized carbons (Fsp3) is 0.696. The molecule has 3 N–H and O–H groups in total. The third-order valence-corrected chi connectivity index (χ3v) is 9.44. The molecule has 28 heavy (non-hydrogen) atoms. The van der Waals surface area contributed by atoms with Crippen molar-refractivity contribution >= 4 is 21.8 Å². The molecule has 1 aromatic rings. The van der Waals surface area contributed by atoms with Crippen molar-refractivity contribution in [2.45, 2.75) is 78.0 Å². The van der Waals surface area contributed by atoms with Crippen LogP contribution in [0.4, 0.5) is 0 Å². The van der Waals surface area contributed by atoms with Gasteiger partial charge in [0.05, 0.1) is 0 Å². The number of hydrogen-bond acceptors (Lipinski definition) is 3. The normalized spacial score (nSPS) is 40.5. The Kier molecular flexibility index (Phi) is 3.89. The van der Waals surface area contributed by atoms with Gasteiger partial charge < -0.3 is 15.8 Å². The Bertz CT molecular complexity index is 882. The van der Waals surface area contributed by atoms with Crippen molar-refractivity contribution in [2.75, 3.05) is 0 Å². The third kappa shape index (κ3) is 2.23. The lowest BCUT2D eigenvalue weighted by Gasteiger charge is -2.67. The summed E-state index contributed by atoms with van der Waals surface area (Å²) >= 11 is 3.76. The van der Waals surface area contributed by atoms with Gasteiger partial charge in [0.15, 0.2) is 0 Å². The van der Waals surface area contributed by atoms with Gasteiger partial charge >= 0.3 is 0 Å². The summed E-state index contributed by atoms with van der Waals surface area (Å²) in [6.45, 7) is 10.1. The monoisotopic (exact) mass is 446 g/mol. The minimum absolute atomic E-state index is 0.00201. The van der Waals surface area contributed by atoms with Crippen LogP contribution >= 0.6 is 15.9 Å². The van der Waals surface area contributed by atoms with Crippen LogP contribution < -0.4 is 15.8 Å². The zero-order valence-electron chi connectivity index (χ0n) is 17.3. The quantitative estimate of drug-likeness (QED) is 0.613. The van der Waals surface area contributed by atoms with Gasteiger partial charge in [-0.15, -0.1) is 0 Å². The van der Waals surface area contributed by atoms with E-state index in [9.17, 15) is 4.79 Å². The lowest BCUT2D eigenvalue weighted by atomic mass is 9.43. The number of nitrogens with two attached hydrogens (primary N) is 1. The number of carbonyl (C=O) groups excluding carboxylic acids is 1. The number of carbonyl (C=O) groups is 1. The van der Waals surface area contributed by atoms with Crippen molar-refractivity contribution in [1.29, 1.82) is 0 Å². The summed E-state index contributed by atoms with van der Waals surface area (Å²) in [5.41, 5.74) is 9.59. The number of ether oxygens (including phenoxy) is 1. The Morgan fingerprint density at radius 3 is 2.71 bits per heavy atom. The van der Waals surface area contributed by atoms with Crippen LogP contribution in [-0.4, -0.2) is 17.6 Å². The highest BCUT2D eigenvalue weighted by Gasteiger charge is 2.67. The molecule has 2 aliphatic carbocycles. The van der Waals surface area contributed by atoms with E-state index in [0.717, 1.165) is 40.6 Å². The molecule has 2 saturated carbocycles. The smallest absolute Gasteiger partial charge is 0.252 e. The second-order valence-electron chi connectivity index (χ2n) is 10.6. The van der Waals surface area contributed by atoms with Gasteiger partial charge in [-0.3, -0.25) is 4.79 Å². The van der Waals surface area contributed by atoms with Crippen LogP contribution in [0.25, 0.3) is 0 Å². The molecule has 5 rings (SSSR count). The third-order valence-electron chi connectivity index (χ3n) is 8.73. The second kappa shape index (κ2) is 5.75. The lowest BCUT2D eigenvalue weighted by Crippen LogP contribution is -2.71. The summed E-state index contributed by atoms with van der Waals surface area (Å²) in [7, 11) is 0. The summed E-state index contributed by atoms with van der Waals surface area (Å²) in [4.78, 5) is 12.3. The van der Waals surface area contributed by atoms with E-state index in [2.05, 4.69) is 48.9 Å². The molecule has 4 aliphatic rings. The first-order valence-corrected chi connectivity index (χ1v) is 11.5. The average Bonchev–Trinajstić information content (AvgIpc) is 2.95. The van der Waals surface area contributed by atoms with Gasteiger partial charge in [-0.25, -0.2) is 0 Å². The van der Waals surface area contributed by atoms with E-state index in [1.807, 2.05) is 6.07 Å². The minimum atomic E-state index is -0.265. The fourth-order valence-corrected chi connectivity index (χ4v) is 7.76. The van der Waals surface area contributed by atoms with E-state index in [1.54, 1.807) is 0 Å². The fourth-order valence-electron chi connectivity index (χ4n) is 7.21. The topological polar surface area (TPSA) is 64.3 Å². The molecule has 0 radical (unpaired) electrons. The minimum Gasteiger partial charge on any atom is -0.486 e. The van der Waals surface area contributed by atoms with Crippen molar-refractivity contribution in [3.8, 4) is 5.75 Å². The molecule has 1 spiro atoms. The van der Waals surface area contributed by atoms with E-state index in [0.29, 0.717) is 18.4 Å². The van der Waals surface area contributed by atoms with Crippen molar-refractivity contribution in [1.82, 2.24) is 5.32 Å². The molecule has 1 aromatic carbocycles. The van der Waals surface area contributed by atoms with Gasteiger partial charge in [0.1, 0.15) is 11.4 Å². The number of rotatable bonds is 0. The van der Waals surface area contributed by atoms with E-state index in [1.165, 1.54) is 18.4 Å². The Morgan fingerprint density at radius 1 is 1.21 bits per heavy atom. The number of fused-ring (bicyclic) bond motifs is 3. The summed E-state index contributed by atoms with van der Waals surface area (Å²) in [6.07, 6.45) is 5.37. The van der Waals surface area contributed by atoms with Crippen LogP contribution in [0.1, 0.15) is 74.9 Å². The Labute approximate surface area is 176 Å². The number of benzene rings is 1. The molecule has 152 valence electrons. The van der Waals surface area contributed by atoms with E-state index in [4.69, 9.17) is 10.5 Å². The molecule has 2 heterocycles. The van der Waals surface area contributed by atoms with Gasteiger partial charge in [-0.05, 0) is 43.1 Å². The van der Waals surface area contributed by atoms with Crippen molar-refractivity contribution in [3.05, 3.63) is 27.2 Å². The first-order chi connectivity index (χ1) is 13.1. The van der Waals surface area contributed by atoms with Gasteiger partial charge in [0.25, 0.3) is 5.91 Å². The molecular formula is C23H31BrN2O2. The molecule has 1 unspecified atom stereocenters. The maximum Gasteiger partial charge on any atom is 0.252 e. The largest absolute Gasteiger partial charge is 0.486 e. The molecular weight excluding hydrogens is 416 g/mol. The summed E-state index contributed by atoms with van der Waals surface area (Å²) in [5.74, 6) is 2.00. The Hall–Kier alpha value is -1.07. The van der Waals surface area contributed by atoms with Gasteiger partial charge in [-0.1, -0.05) is 43.6 Å². The van der Waals surface area contributed by atoms with Gasteiger partial charge in [0.2, 0.25) is 0 Å². The highest BCUT2D eigenvalue weighted by Crippen LogP contribution is 2.66. The zero-order valence-corrected chi connectivity index (χ0v) is 18.9. The predicted molar refractivity (Wildman–Crippen MR) is 113 cm³/mol. The molecule has 0 aromatic heterocycles. The number of nitrogens with one attached hydrogen (secondary N) is 1. The number of halogens is 1. The summed E-state index contributed by atoms with van der Waals surface area (Å²) in [5, 5.41) is 2.98. The molecule has 1 amide bonds. The SMILES string of the molecule is C[C@H]1CC[C@H]2C(C)(C)CC(N)C[C@]23Oc2c(c(Br)cc4c2CNC4=O)C[C@]13C. The first kappa shape index (κ1) is 18.9.